The molecule has 1 aromatic carbocycles. The monoisotopic (exact) mass is 174 g/mol. The van der Waals surface area contributed by atoms with Gasteiger partial charge in [-0.1, -0.05) is 30.3 Å². The van der Waals surface area contributed by atoms with Gasteiger partial charge in [-0.2, -0.15) is 0 Å². The first-order chi connectivity index (χ1) is 6.43. The number of benzene rings is 1. The van der Waals surface area contributed by atoms with Crippen molar-refractivity contribution in [3.8, 4) is 0 Å². The maximum atomic E-state index is 5.24. The van der Waals surface area contributed by atoms with E-state index < -0.39 is 0 Å². The van der Waals surface area contributed by atoms with Gasteiger partial charge in [0.25, 0.3) is 0 Å². The van der Waals surface area contributed by atoms with E-state index in [1.165, 1.54) is 18.4 Å². The average Bonchev–Trinajstić information content (AvgIpc) is 3.04. The lowest BCUT2D eigenvalue weighted by Crippen LogP contribution is -1.89. The van der Waals surface area contributed by atoms with Gasteiger partial charge in [0, 0.05) is 0 Å². The van der Waals surface area contributed by atoms with Gasteiger partial charge in [0.1, 0.15) is 0 Å². The molecule has 1 heterocycles. The van der Waals surface area contributed by atoms with E-state index in [2.05, 4.69) is 30.3 Å². The van der Waals surface area contributed by atoms with Gasteiger partial charge in [0.2, 0.25) is 0 Å². The highest BCUT2D eigenvalue weighted by atomic mass is 16.6. The minimum Gasteiger partial charge on any atom is -0.373 e. The Morgan fingerprint density at radius 1 is 1.23 bits per heavy atom. The number of hydrogen-bond acceptors (Lipinski definition) is 1. The Balaban J connectivity index is 1.63. The van der Waals surface area contributed by atoms with E-state index in [1.54, 1.807) is 0 Å². The third-order valence-electron chi connectivity index (χ3n) is 3.12. The van der Waals surface area contributed by atoms with E-state index in [0.717, 1.165) is 18.4 Å². The van der Waals surface area contributed by atoms with Crippen LogP contribution in [-0.4, -0.2) is 12.7 Å². The molecule has 0 amide bonds. The van der Waals surface area contributed by atoms with E-state index in [-0.39, 0.29) is 0 Å². The summed E-state index contributed by atoms with van der Waals surface area (Å²) in [6, 6.07) is 10.9. The largest absolute Gasteiger partial charge is 0.373 e. The Hall–Kier alpha value is -0.820. The van der Waals surface area contributed by atoms with Crippen LogP contribution in [0.25, 0.3) is 0 Å². The van der Waals surface area contributed by atoms with Crippen LogP contribution in [0, 0.1) is 5.92 Å². The summed E-state index contributed by atoms with van der Waals surface area (Å²) in [4.78, 5) is 0. The summed E-state index contributed by atoms with van der Waals surface area (Å²) in [5.41, 5.74) is 1.52. The molecule has 3 rings (SSSR count). The van der Waals surface area contributed by atoms with Crippen molar-refractivity contribution in [3.05, 3.63) is 35.9 Å². The highest BCUT2D eigenvalue weighted by Crippen LogP contribution is 2.51. The van der Waals surface area contributed by atoms with Gasteiger partial charge in [-0.25, -0.2) is 0 Å². The van der Waals surface area contributed by atoms with Crippen molar-refractivity contribution in [2.45, 2.75) is 24.9 Å². The Morgan fingerprint density at radius 3 is 2.69 bits per heavy atom. The molecule has 0 spiro atoms. The van der Waals surface area contributed by atoms with Crippen molar-refractivity contribution in [3.63, 3.8) is 0 Å². The summed E-state index contributed by atoms with van der Waals surface area (Å²) in [6.45, 7) is 1.01. The van der Waals surface area contributed by atoms with Gasteiger partial charge >= 0.3 is 0 Å². The standard InChI is InChI=1S/C12H14O/c1-2-4-9(5-3-1)12-7-10(12)6-11-8-13-11/h1-5,10-12H,6-8H2. The third-order valence-corrected chi connectivity index (χ3v) is 3.12. The zero-order valence-corrected chi connectivity index (χ0v) is 7.65. The molecular weight excluding hydrogens is 160 g/mol. The summed E-state index contributed by atoms with van der Waals surface area (Å²) in [5.74, 6) is 1.75. The number of epoxide rings is 1. The van der Waals surface area contributed by atoms with Crippen LogP contribution in [0.1, 0.15) is 24.3 Å². The van der Waals surface area contributed by atoms with E-state index in [1.807, 2.05) is 0 Å². The van der Waals surface area contributed by atoms with Crippen molar-refractivity contribution < 1.29 is 4.74 Å². The second kappa shape index (κ2) is 2.85. The first-order valence-corrected chi connectivity index (χ1v) is 5.10. The first-order valence-electron chi connectivity index (χ1n) is 5.10. The van der Waals surface area contributed by atoms with Crippen LogP contribution >= 0.6 is 0 Å². The molecule has 1 saturated carbocycles. The predicted octanol–water partition coefficient (Wildman–Crippen LogP) is 2.58. The lowest BCUT2D eigenvalue weighted by atomic mass is 10.1. The van der Waals surface area contributed by atoms with Crippen molar-refractivity contribution in [2.75, 3.05) is 6.61 Å². The van der Waals surface area contributed by atoms with Crippen LogP contribution < -0.4 is 0 Å². The first kappa shape index (κ1) is 7.57. The van der Waals surface area contributed by atoms with E-state index in [4.69, 9.17) is 4.74 Å². The quantitative estimate of drug-likeness (QED) is 0.642. The number of rotatable bonds is 3. The van der Waals surface area contributed by atoms with Crippen LogP contribution in [0.5, 0.6) is 0 Å². The van der Waals surface area contributed by atoms with E-state index in [9.17, 15) is 0 Å². The van der Waals surface area contributed by atoms with Crippen LogP contribution in [0.4, 0.5) is 0 Å². The molecule has 1 nitrogen and oxygen atoms in total. The minimum atomic E-state index is 0.610. The Bertz CT molecular complexity index is 289. The molecule has 0 N–H and O–H groups in total. The molecule has 0 radical (unpaired) electrons. The van der Waals surface area contributed by atoms with Gasteiger partial charge in [-0.3, -0.25) is 0 Å². The molecule has 3 atom stereocenters. The van der Waals surface area contributed by atoms with Gasteiger partial charge < -0.3 is 4.74 Å². The van der Waals surface area contributed by atoms with Gasteiger partial charge in [0.15, 0.2) is 0 Å². The second-order valence-corrected chi connectivity index (χ2v) is 4.20. The molecule has 1 heteroatoms. The molecule has 3 unspecified atom stereocenters. The van der Waals surface area contributed by atoms with Gasteiger partial charge in [-0.05, 0) is 30.2 Å². The maximum Gasteiger partial charge on any atom is 0.0812 e. The average molecular weight is 174 g/mol. The minimum absolute atomic E-state index is 0.610. The normalized spacial score (nSPS) is 35.8. The van der Waals surface area contributed by atoms with Crippen LogP contribution in [0.2, 0.25) is 0 Å². The molecule has 2 fully saturated rings. The van der Waals surface area contributed by atoms with Crippen LogP contribution in [0.15, 0.2) is 30.3 Å². The molecule has 1 aliphatic carbocycles. The van der Waals surface area contributed by atoms with Gasteiger partial charge in [-0.15, -0.1) is 0 Å². The SMILES string of the molecule is c1ccc(C2CC2CC2CO2)cc1. The molecular formula is C12H14O. The third kappa shape index (κ3) is 1.61. The predicted molar refractivity (Wildman–Crippen MR) is 51.6 cm³/mol. The molecule has 1 saturated heterocycles. The molecule has 68 valence electrons. The summed E-state index contributed by atoms with van der Waals surface area (Å²) in [7, 11) is 0. The van der Waals surface area contributed by atoms with E-state index in [0.29, 0.717) is 6.10 Å². The summed E-state index contributed by atoms with van der Waals surface area (Å²) in [6.07, 6.45) is 3.28. The lowest BCUT2D eigenvalue weighted by Gasteiger charge is -1.97. The Kier molecular flexibility index (Phi) is 1.66. The fraction of sp³-hybridized carbons (Fsp3) is 0.500. The van der Waals surface area contributed by atoms with E-state index >= 15 is 0 Å². The number of hydrogen-bond donors (Lipinski definition) is 0. The van der Waals surface area contributed by atoms with Gasteiger partial charge in [0.05, 0.1) is 12.7 Å². The van der Waals surface area contributed by atoms with Crippen molar-refractivity contribution in [1.82, 2.24) is 0 Å². The highest BCUT2D eigenvalue weighted by molar-refractivity contribution is 5.25. The number of ether oxygens (including phenoxy) is 1. The maximum absolute atomic E-state index is 5.24. The van der Waals surface area contributed by atoms with Crippen molar-refractivity contribution in [1.29, 1.82) is 0 Å². The zero-order chi connectivity index (χ0) is 8.67. The molecule has 1 aromatic rings. The Morgan fingerprint density at radius 2 is 2.00 bits per heavy atom. The van der Waals surface area contributed by atoms with Crippen LogP contribution in [-0.2, 0) is 4.74 Å². The van der Waals surface area contributed by atoms with Crippen LogP contribution in [0.3, 0.4) is 0 Å². The molecule has 0 aromatic heterocycles. The summed E-state index contributed by atoms with van der Waals surface area (Å²) in [5, 5.41) is 0. The summed E-state index contributed by atoms with van der Waals surface area (Å²) < 4.78 is 5.24. The Labute approximate surface area is 78.7 Å². The molecule has 13 heavy (non-hydrogen) atoms. The second-order valence-electron chi connectivity index (χ2n) is 4.20. The van der Waals surface area contributed by atoms with Crippen molar-refractivity contribution >= 4 is 0 Å². The smallest absolute Gasteiger partial charge is 0.0812 e. The molecule has 2 aliphatic rings. The fourth-order valence-electron chi connectivity index (χ4n) is 2.16. The molecule has 0 bridgehead atoms. The lowest BCUT2D eigenvalue weighted by molar-refractivity contribution is 0.386. The topological polar surface area (TPSA) is 12.5 Å². The summed E-state index contributed by atoms with van der Waals surface area (Å²) >= 11 is 0. The highest BCUT2D eigenvalue weighted by Gasteiger charge is 2.42. The fourth-order valence-corrected chi connectivity index (χ4v) is 2.16. The van der Waals surface area contributed by atoms with Crippen molar-refractivity contribution in [2.24, 2.45) is 5.92 Å². The zero-order valence-electron chi connectivity index (χ0n) is 7.65. The molecule has 1 aliphatic heterocycles.